The van der Waals surface area contributed by atoms with E-state index >= 15 is 0 Å². The van der Waals surface area contributed by atoms with E-state index in [1.54, 1.807) is 0 Å². The van der Waals surface area contributed by atoms with Crippen molar-refractivity contribution < 1.29 is 0 Å². The van der Waals surface area contributed by atoms with Crippen LogP contribution >= 0.6 is 11.3 Å². The Hall–Kier alpha value is -1.72. The van der Waals surface area contributed by atoms with Gasteiger partial charge in [-0.05, 0) is 43.3 Å². The van der Waals surface area contributed by atoms with Gasteiger partial charge in [0.25, 0.3) is 0 Å². The van der Waals surface area contributed by atoms with Crippen molar-refractivity contribution in [1.82, 2.24) is 19.9 Å². The Labute approximate surface area is 127 Å². The van der Waals surface area contributed by atoms with Gasteiger partial charge in [0.2, 0.25) is 0 Å². The molecule has 1 N–H and O–H groups in total. The van der Waals surface area contributed by atoms with E-state index in [1.807, 2.05) is 23.7 Å². The number of nitrogens with one attached hydrogen (secondary N) is 1. The van der Waals surface area contributed by atoms with E-state index in [0.717, 1.165) is 24.3 Å². The molecular weight excluding hydrogens is 280 g/mol. The van der Waals surface area contributed by atoms with Crippen LogP contribution in [0.15, 0.2) is 29.9 Å². The maximum atomic E-state index is 4.88. The molecule has 0 saturated carbocycles. The first-order valence-corrected chi connectivity index (χ1v) is 8.25. The number of fused-ring (bicyclic) bond motifs is 2. The molecule has 0 spiro atoms. The van der Waals surface area contributed by atoms with E-state index in [1.165, 1.54) is 16.0 Å². The molecule has 1 atom stereocenters. The summed E-state index contributed by atoms with van der Waals surface area (Å²) in [5.74, 6) is 1.10. The van der Waals surface area contributed by atoms with Crippen LogP contribution < -0.4 is 5.32 Å². The molecule has 0 amide bonds. The smallest absolute Gasteiger partial charge is 0.132 e. The Morgan fingerprint density at radius 1 is 1.38 bits per heavy atom. The van der Waals surface area contributed by atoms with Gasteiger partial charge in [-0.3, -0.25) is 4.98 Å². The minimum atomic E-state index is 0.190. The van der Waals surface area contributed by atoms with E-state index in [4.69, 9.17) is 4.98 Å². The Bertz CT molecular complexity index is 787. The summed E-state index contributed by atoms with van der Waals surface area (Å²) in [6.45, 7) is 5.43. The first-order chi connectivity index (χ1) is 10.3. The van der Waals surface area contributed by atoms with Gasteiger partial charge in [0.15, 0.2) is 0 Å². The minimum absolute atomic E-state index is 0.190. The van der Waals surface area contributed by atoms with Gasteiger partial charge >= 0.3 is 0 Å². The second kappa shape index (κ2) is 4.93. The highest BCUT2D eigenvalue weighted by Gasteiger charge is 2.27. The van der Waals surface area contributed by atoms with Crippen molar-refractivity contribution in [1.29, 1.82) is 0 Å². The van der Waals surface area contributed by atoms with Crippen molar-refractivity contribution in [3.05, 3.63) is 46.2 Å². The fourth-order valence-electron chi connectivity index (χ4n) is 3.20. The monoisotopic (exact) mass is 298 g/mol. The van der Waals surface area contributed by atoms with Gasteiger partial charge in [0.1, 0.15) is 11.3 Å². The molecule has 3 aromatic heterocycles. The molecule has 0 saturated heterocycles. The molecule has 0 bridgehead atoms. The van der Waals surface area contributed by atoms with Crippen molar-refractivity contribution in [3.8, 4) is 0 Å². The number of aromatic nitrogens is 3. The number of pyridine rings is 1. The summed E-state index contributed by atoms with van der Waals surface area (Å²) in [5.41, 5.74) is 3.53. The SMILES string of the molecule is CC(C)n1c(C2NCCc3sccc32)nc2cnccc21. The zero-order valence-corrected chi connectivity index (χ0v) is 13.0. The third kappa shape index (κ3) is 2.00. The summed E-state index contributed by atoms with van der Waals surface area (Å²) in [6, 6.07) is 4.86. The van der Waals surface area contributed by atoms with E-state index in [9.17, 15) is 0 Å². The van der Waals surface area contributed by atoms with Crippen LogP contribution in [0.4, 0.5) is 0 Å². The number of thiophene rings is 1. The molecular formula is C16H18N4S. The lowest BCUT2D eigenvalue weighted by molar-refractivity contribution is 0.498. The van der Waals surface area contributed by atoms with Crippen LogP contribution in [0.5, 0.6) is 0 Å². The Morgan fingerprint density at radius 2 is 2.29 bits per heavy atom. The standard InChI is InChI=1S/C16H18N4S/c1-10(2)20-13-3-6-17-9-12(13)19-16(20)15-11-5-8-21-14(11)4-7-18-15/h3,5-6,8-10,15,18H,4,7H2,1-2H3. The third-order valence-corrected chi connectivity index (χ3v) is 5.08. The molecule has 3 aromatic rings. The second-order valence-electron chi connectivity index (χ2n) is 5.73. The number of hydrogen-bond acceptors (Lipinski definition) is 4. The molecule has 0 aromatic carbocycles. The van der Waals surface area contributed by atoms with Gasteiger partial charge in [-0.2, -0.15) is 0 Å². The fraction of sp³-hybridized carbons (Fsp3) is 0.375. The Morgan fingerprint density at radius 3 is 3.14 bits per heavy atom. The summed E-state index contributed by atoms with van der Waals surface area (Å²) in [4.78, 5) is 10.6. The second-order valence-corrected chi connectivity index (χ2v) is 6.74. The van der Waals surface area contributed by atoms with Gasteiger partial charge in [0.05, 0.1) is 17.8 Å². The lowest BCUT2D eigenvalue weighted by atomic mass is 10.0. The average molecular weight is 298 g/mol. The first kappa shape index (κ1) is 13.0. The summed E-state index contributed by atoms with van der Waals surface area (Å²) in [7, 11) is 0. The fourth-order valence-corrected chi connectivity index (χ4v) is 4.12. The van der Waals surface area contributed by atoms with Crippen LogP contribution in [0.25, 0.3) is 11.0 Å². The maximum absolute atomic E-state index is 4.88. The zero-order valence-electron chi connectivity index (χ0n) is 12.2. The molecule has 4 heterocycles. The lowest BCUT2D eigenvalue weighted by Gasteiger charge is -2.26. The third-order valence-electron chi connectivity index (χ3n) is 4.09. The van der Waals surface area contributed by atoms with Gasteiger partial charge in [-0.25, -0.2) is 4.98 Å². The summed E-state index contributed by atoms with van der Waals surface area (Å²) in [6.07, 6.45) is 4.82. The van der Waals surface area contributed by atoms with Crippen molar-refractivity contribution in [3.63, 3.8) is 0 Å². The first-order valence-electron chi connectivity index (χ1n) is 7.37. The highest BCUT2D eigenvalue weighted by Crippen LogP contribution is 2.34. The van der Waals surface area contributed by atoms with Gasteiger partial charge in [0, 0.05) is 23.7 Å². The number of nitrogens with zero attached hydrogens (tertiary/aromatic N) is 3. The van der Waals surface area contributed by atoms with Crippen molar-refractivity contribution in [2.45, 2.75) is 32.4 Å². The van der Waals surface area contributed by atoms with Crippen molar-refractivity contribution >= 4 is 22.4 Å². The normalized spacial score (nSPS) is 18.3. The predicted octanol–water partition coefficient (Wildman–Crippen LogP) is 3.31. The maximum Gasteiger partial charge on any atom is 0.132 e. The topological polar surface area (TPSA) is 42.7 Å². The quantitative estimate of drug-likeness (QED) is 0.789. The highest BCUT2D eigenvalue weighted by atomic mass is 32.1. The van der Waals surface area contributed by atoms with Gasteiger partial charge in [-0.1, -0.05) is 0 Å². The molecule has 1 aliphatic rings. The molecule has 1 unspecified atom stereocenters. The van der Waals surface area contributed by atoms with Gasteiger partial charge in [-0.15, -0.1) is 11.3 Å². The van der Waals surface area contributed by atoms with E-state index in [2.05, 4.69) is 46.2 Å². The highest BCUT2D eigenvalue weighted by molar-refractivity contribution is 7.10. The van der Waals surface area contributed by atoms with Crippen LogP contribution in [0.2, 0.25) is 0 Å². The molecule has 108 valence electrons. The van der Waals surface area contributed by atoms with Crippen LogP contribution in [0.3, 0.4) is 0 Å². The summed E-state index contributed by atoms with van der Waals surface area (Å²) in [5, 5.41) is 5.83. The molecule has 1 aliphatic heterocycles. The number of imidazole rings is 1. The number of hydrogen-bond donors (Lipinski definition) is 1. The van der Waals surface area contributed by atoms with E-state index in [-0.39, 0.29) is 6.04 Å². The Kier molecular flexibility index (Phi) is 3.05. The van der Waals surface area contributed by atoms with Crippen molar-refractivity contribution in [2.24, 2.45) is 0 Å². The summed E-state index contributed by atoms with van der Waals surface area (Å²) >= 11 is 1.86. The molecule has 5 heteroatoms. The molecule has 0 radical (unpaired) electrons. The zero-order chi connectivity index (χ0) is 14.4. The van der Waals surface area contributed by atoms with E-state index < -0.39 is 0 Å². The predicted molar refractivity (Wildman–Crippen MR) is 85.8 cm³/mol. The molecule has 0 fully saturated rings. The van der Waals surface area contributed by atoms with Crippen LogP contribution in [-0.2, 0) is 6.42 Å². The lowest BCUT2D eigenvalue weighted by Crippen LogP contribution is -2.31. The van der Waals surface area contributed by atoms with Crippen LogP contribution in [0, 0.1) is 0 Å². The molecule has 0 aliphatic carbocycles. The minimum Gasteiger partial charge on any atom is -0.324 e. The average Bonchev–Trinajstić information content (AvgIpc) is 3.10. The van der Waals surface area contributed by atoms with Crippen LogP contribution in [0.1, 0.15) is 42.2 Å². The van der Waals surface area contributed by atoms with Crippen molar-refractivity contribution in [2.75, 3.05) is 6.54 Å². The Balaban J connectivity index is 1.94. The largest absolute Gasteiger partial charge is 0.324 e. The van der Waals surface area contributed by atoms with Crippen LogP contribution in [-0.4, -0.2) is 21.1 Å². The number of rotatable bonds is 2. The van der Waals surface area contributed by atoms with E-state index in [0.29, 0.717) is 6.04 Å². The molecule has 21 heavy (non-hydrogen) atoms. The molecule has 4 rings (SSSR count). The summed E-state index contributed by atoms with van der Waals surface area (Å²) < 4.78 is 2.33. The molecule has 4 nitrogen and oxygen atoms in total. The van der Waals surface area contributed by atoms with Gasteiger partial charge < -0.3 is 9.88 Å².